The van der Waals surface area contributed by atoms with Crippen molar-refractivity contribution in [1.29, 1.82) is 0 Å². The predicted octanol–water partition coefficient (Wildman–Crippen LogP) is 1.20. The second-order valence-electron chi connectivity index (χ2n) is 3.07. The maximum atomic E-state index is 3.33. The quantitative estimate of drug-likeness (QED) is 0.555. The lowest BCUT2D eigenvalue weighted by Crippen LogP contribution is -2.34. The number of rotatable bonds is 0. The zero-order valence-electron chi connectivity index (χ0n) is 6.83. The highest BCUT2D eigenvalue weighted by molar-refractivity contribution is 5.42. The second kappa shape index (κ2) is 2.24. The summed E-state index contributed by atoms with van der Waals surface area (Å²) in [4.78, 5) is 0. The molecule has 1 unspecified atom stereocenters. The molecule has 0 bridgehead atoms. The third-order valence-electron chi connectivity index (χ3n) is 2.11. The topological polar surface area (TPSA) is 15.3 Å². The van der Waals surface area contributed by atoms with Crippen LogP contribution in [0.2, 0.25) is 0 Å². The molecule has 0 saturated heterocycles. The Kier molecular flexibility index (Phi) is 1.36. The molecular weight excluding hydrogens is 136 g/mol. The van der Waals surface area contributed by atoms with E-state index in [-0.39, 0.29) is 0 Å². The van der Waals surface area contributed by atoms with Crippen LogP contribution in [0, 0.1) is 0 Å². The summed E-state index contributed by atoms with van der Waals surface area (Å²) in [6.45, 7) is 2.15. The van der Waals surface area contributed by atoms with E-state index in [1.165, 1.54) is 11.1 Å². The smallest absolute Gasteiger partial charge is 0.0736 e. The van der Waals surface area contributed by atoms with E-state index in [1.807, 2.05) is 12.1 Å². The molecule has 1 aliphatic carbocycles. The van der Waals surface area contributed by atoms with Crippen LogP contribution < -0.4 is 5.43 Å². The van der Waals surface area contributed by atoms with Crippen LogP contribution in [-0.4, -0.2) is 18.1 Å². The Labute approximate surface area is 66.9 Å². The Morgan fingerprint density at radius 2 is 2.36 bits per heavy atom. The van der Waals surface area contributed by atoms with E-state index in [2.05, 4.69) is 36.8 Å². The van der Waals surface area contributed by atoms with Gasteiger partial charge in [0.1, 0.15) is 0 Å². The maximum absolute atomic E-state index is 3.33. The summed E-state index contributed by atoms with van der Waals surface area (Å²) < 4.78 is 0. The van der Waals surface area contributed by atoms with Gasteiger partial charge in [-0.25, -0.2) is 5.43 Å². The molecule has 1 atom stereocenters. The molecule has 2 heteroatoms. The van der Waals surface area contributed by atoms with Crippen LogP contribution in [0.3, 0.4) is 0 Å². The van der Waals surface area contributed by atoms with Gasteiger partial charge < -0.3 is 5.01 Å². The second-order valence-corrected chi connectivity index (χ2v) is 3.07. The fraction of sp³-hybridized carbons (Fsp3) is 0.333. The fourth-order valence-corrected chi connectivity index (χ4v) is 1.52. The van der Waals surface area contributed by atoms with Crippen molar-refractivity contribution in [1.82, 2.24) is 10.4 Å². The largest absolute Gasteiger partial charge is 0.318 e. The molecule has 2 rings (SSSR count). The van der Waals surface area contributed by atoms with Crippen molar-refractivity contribution in [2.24, 2.45) is 0 Å². The average Bonchev–Trinajstić information content (AvgIpc) is 2.31. The molecule has 58 valence electrons. The first-order valence-corrected chi connectivity index (χ1v) is 3.83. The van der Waals surface area contributed by atoms with E-state index >= 15 is 0 Å². The number of allylic oxidation sites excluding steroid dienone is 2. The first-order chi connectivity index (χ1) is 5.27. The van der Waals surface area contributed by atoms with Crippen LogP contribution >= 0.6 is 0 Å². The molecule has 0 aromatic heterocycles. The molecule has 0 aromatic rings. The summed E-state index contributed by atoms with van der Waals surface area (Å²) in [6, 6.07) is 0.421. The molecule has 1 heterocycles. The van der Waals surface area contributed by atoms with Gasteiger partial charge in [-0.3, -0.25) is 0 Å². The first-order valence-electron chi connectivity index (χ1n) is 3.83. The van der Waals surface area contributed by atoms with Crippen molar-refractivity contribution in [2.75, 3.05) is 7.05 Å². The number of hydrazine groups is 1. The fourth-order valence-electron chi connectivity index (χ4n) is 1.52. The molecule has 0 radical (unpaired) electrons. The molecule has 0 aromatic carbocycles. The third-order valence-corrected chi connectivity index (χ3v) is 2.11. The molecule has 11 heavy (non-hydrogen) atoms. The van der Waals surface area contributed by atoms with Crippen LogP contribution in [0.5, 0.6) is 0 Å². The minimum atomic E-state index is 0.421. The molecule has 2 aliphatic rings. The van der Waals surface area contributed by atoms with Gasteiger partial charge in [0.05, 0.1) is 6.04 Å². The van der Waals surface area contributed by atoms with E-state index in [4.69, 9.17) is 0 Å². The molecule has 2 nitrogen and oxygen atoms in total. The van der Waals surface area contributed by atoms with Crippen molar-refractivity contribution < 1.29 is 0 Å². The SMILES string of the molecule is CC1=CC=CC2=CN(C)NC12. The number of hydrogen-bond acceptors (Lipinski definition) is 2. The van der Waals surface area contributed by atoms with Gasteiger partial charge in [0.25, 0.3) is 0 Å². The Bertz CT molecular complexity index is 261. The lowest BCUT2D eigenvalue weighted by atomic mass is 9.97. The molecule has 0 spiro atoms. The Hall–Kier alpha value is -1.02. The Morgan fingerprint density at radius 1 is 1.55 bits per heavy atom. The van der Waals surface area contributed by atoms with E-state index in [0.29, 0.717) is 6.04 Å². The highest BCUT2D eigenvalue weighted by atomic mass is 15.5. The lowest BCUT2D eigenvalue weighted by Gasteiger charge is -2.18. The molecule has 0 amide bonds. The minimum absolute atomic E-state index is 0.421. The van der Waals surface area contributed by atoms with Gasteiger partial charge in [-0.15, -0.1) is 0 Å². The van der Waals surface area contributed by atoms with Crippen molar-refractivity contribution in [2.45, 2.75) is 13.0 Å². The number of hydrogen-bond donors (Lipinski definition) is 1. The van der Waals surface area contributed by atoms with E-state index < -0.39 is 0 Å². The van der Waals surface area contributed by atoms with Crippen molar-refractivity contribution in [3.05, 3.63) is 35.6 Å². The zero-order valence-corrected chi connectivity index (χ0v) is 6.83. The molecular formula is C9H12N2. The summed E-state index contributed by atoms with van der Waals surface area (Å²) in [5.41, 5.74) is 6.06. The summed E-state index contributed by atoms with van der Waals surface area (Å²) >= 11 is 0. The number of fused-ring (bicyclic) bond motifs is 1. The van der Waals surface area contributed by atoms with Crippen molar-refractivity contribution >= 4 is 0 Å². The lowest BCUT2D eigenvalue weighted by molar-refractivity contribution is 0.344. The summed E-state index contributed by atoms with van der Waals surface area (Å²) in [7, 11) is 2.02. The van der Waals surface area contributed by atoms with Crippen LogP contribution in [0.15, 0.2) is 35.6 Å². The predicted molar refractivity (Wildman–Crippen MR) is 45.7 cm³/mol. The van der Waals surface area contributed by atoms with Crippen molar-refractivity contribution in [3.8, 4) is 0 Å². The summed E-state index contributed by atoms with van der Waals surface area (Å²) in [6.07, 6.45) is 8.51. The van der Waals surface area contributed by atoms with E-state index in [9.17, 15) is 0 Å². The van der Waals surface area contributed by atoms with Crippen LogP contribution in [0.25, 0.3) is 0 Å². The van der Waals surface area contributed by atoms with Gasteiger partial charge in [0.2, 0.25) is 0 Å². The van der Waals surface area contributed by atoms with E-state index in [0.717, 1.165) is 0 Å². The zero-order chi connectivity index (χ0) is 7.84. The van der Waals surface area contributed by atoms with Gasteiger partial charge in [-0.1, -0.05) is 23.8 Å². The third kappa shape index (κ3) is 0.994. The molecule has 1 N–H and O–H groups in total. The normalized spacial score (nSPS) is 28.2. The Balaban J connectivity index is 2.33. The molecule has 0 saturated carbocycles. The van der Waals surface area contributed by atoms with Crippen LogP contribution in [0.1, 0.15) is 6.92 Å². The minimum Gasteiger partial charge on any atom is -0.318 e. The first kappa shape index (κ1) is 6.68. The summed E-state index contributed by atoms with van der Waals surface area (Å²) in [5.74, 6) is 0. The maximum Gasteiger partial charge on any atom is 0.0736 e. The average molecular weight is 148 g/mol. The van der Waals surface area contributed by atoms with E-state index in [1.54, 1.807) is 0 Å². The number of nitrogens with zero attached hydrogens (tertiary/aromatic N) is 1. The van der Waals surface area contributed by atoms with Gasteiger partial charge in [-0.05, 0) is 12.5 Å². The van der Waals surface area contributed by atoms with Gasteiger partial charge >= 0.3 is 0 Å². The van der Waals surface area contributed by atoms with Gasteiger partial charge in [0, 0.05) is 13.2 Å². The monoisotopic (exact) mass is 148 g/mol. The molecule has 1 aliphatic heterocycles. The molecule has 0 fully saturated rings. The van der Waals surface area contributed by atoms with Crippen LogP contribution in [-0.2, 0) is 0 Å². The van der Waals surface area contributed by atoms with Gasteiger partial charge in [-0.2, -0.15) is 0 Å². The summed E-state index contributed by atoms with van der Waals surface area (Å²) in [5, 5.41) is 2.01. The highest BCUT2D eigenvalue weighted by Gasteiger charge is 2.22. The Morgan fingerprint density at radius 3 is 3.09 bits per heavy atom. The standard InChI is InChI=1S/C9H12N2/c1-7-4-3-5-8-6-11(2)10-9(7)8/h3-6,9-10H,1-2H3. The van der Waals surface area contributed by atoms with Crippen molar-refractivity contribution in [3.63, 3.8) is 0 Å². The number of nitrogens with one attached hydrogen (secondary N) is 1. The van der Waals surface area contributed by atoms with Gasteiger partial charge in [0.15, 0.2) is 0 Å². The van der Waals surface area contributed by atoms with Crippen LogP contribution in [0.4, 0.5) is 0 Å². The highest BCUT2D eigenvalue weighted by Crippen LogP contribution is 2.22.